The molecule has 3 heterocycles. The van der Waals surface area contributed by atoms with Crippen LogP contribution in [-0.4, -0.2) is 46.4 Å². The van der Waals surface area contributed by atoms with E-state index in [1.807, 2.05) is 29.2 Å². The lowest BCUT2D eigenvalue weighted by Crippen LogP contribution is -2.50. The van der Waals surface area contributed by atoms with Crippen LogP contribution in [0, 0.1) is 5.41 Å². The number of anilines is 1. The van der Waals surface area contributed by atoms with Crippen LogP contribution in [0.15, 0.2) is 48.8 Å². The minimum Gasteiger partial charge on any atom is -0.338 e. The Labute approximate surface area is 169 Å². The van der Waals surface area contributed by atoms with Gasteiger partial charge in [0, 0.05) is 38.6 Å². The summed E-state index contributed by atoms with van der Waals surface area (Å²) in [6, 6.07) is 10.8. The Kier molecular flexibility index (Phi) is 5.22. The van der Waals surface area contributed by atoms with Gasteiger partial charge in [-0.2, -0.15) is 0 Å². The highest BCUT2D eigenvalue weighted by Crippen LogP contribution is 2.40. The third kappa shape index (κ3) is 3.69. The van der Waals surface area contributed by atoms with E-state index in [-0.39, 0.29) is 11.9 Å². The van der Waals surface area contributed by atoms with Gasteiger partial charge in [0.25, 0.3) is 0 Å². The van der Waals surface area contributed by atoms with Crippen LogP contribution in [0.25, 0.3) is 0 Å². The molecule has 3 amide bonds. The monoisotopic (exact) mass is 398 g/mol. The number of hydrogen-bond donors (Lipinski definition) is 1. The van der Waals surface area contributed by atoms with Gasteiger partial charge in [-0.3, -0.25) is 9.78 Å². The number of rotatable bonds is 3. The molecule has 2 fully saturated rings. The summed E-state index contributed by atoms with van der Waals surface area (Å²) < 4.78 is 0. The summed E-state index contributed by atoms with van der Waals surface area (Å²) in [4.78, 5) is 33.7. The van der Waals surface area contributed by atoms with E-state index < -0.39 is 5.41 Å². The van der Waals surface area contributed by atoms with Crippen LogP contribution in [0.5, 0.6) is 0 Å². The minimum atomic E-state index is -0.474. The maximum atomic E-state index is 13.3. The summed E-state index contributed by atoms with van der Waals surface area (Å²) in [7, 11) is 0. The molecule has 0 unspecified atom stereocenters. The predicted octanol–water partition coefficient (Wildman–Crippen LogP) is 3.78. The van der Waals surface area contributed by atoms with Crippen molar-refractivity contribution in [2.45, 2.75) is 25.8 Å². The predicted molar refractivity (Wildman–Crippen MR) is 108 cm³/mol. The Morgan fingerprint density at radius 1 is 1.18 bits per heavy atom. The van der Waals surface area contributed by atoms with E-state index in [1.54, 1.807) is 29.4 Å². The molecule has 2 aliphatic heterocycles. The number of aromatic nitrogens is 1. The molecule has 2 aromatic rings. The number of para-hydroxylation sites is 1. The minimum absolute atomic E-state index is 0.149. The first-order chi connectivity index (χ1) is 13.6. The van der Waals surface area contributed by atoms with Crippen molar-refractivity contribution in [2.75, 3.05) is 25.0 Å². The summed E-state index contributed by atoms with van der Waals surface area (Å²) >= 11 is 6.14. The molecule has 1 N–H and O–H groups in total. The molecule has 1 atom stereocenters. The Balaban J connectivity index is 1.43. The van der Waals surface area contributed by atoms with E-state index in [0.717, 1.165) is 24.9 Å². The zero-order chi connectivity index (χ0) is 19.6. The first-order valence-electron chi connectivity index (χ1n) is 9.56. The van der Waals surface area contributed by atoms with Gasteiger partial charge in [-0.1, -0.05) is 29.8 Å². The summed E-state index contributed by atoms with van der Waals surface area (Å²) in [6.07, 6.45) is 6.00. The van der Waals surface area contributed by atoms with Crippen molar-refractivity contribution in [2.24, 2.45) is 5.41 Å². The van der Waals surface area contributed by atoms with Crippen LogP contribution in [0.2, 0.25) is 5.02 Å². The van der Waals surface area contributed by atoms with Gasteiger partial charge in [-0.25, -0.2) is 4.79 Å². The molecule has 28 heavy (non-hydrogen) atoms. The summed E-state index contributed by atoms with van der Waals surface area (Å²) in [5, 5.41) is 3.36. The van der Waals surface area contributed by atoms with Crippen LogP contribution in [-0.2, 0) is 11.3 Å². The number of nitrogens with zero attached hydrogens (tertiary/aromatic N) is 3. The zero-order valence-electron chi connectivity index (χ0n) is 15.6. The number of halogens is 1. The number of carbonyl (C=O) groups excluding carboxylic acids is 2. The van der Waals surface area contributed by atoms with Gasteiger partial charge < -0.3 is 15.1 Å². The van der Waals surface area contributed by atoms with E-state index in [2.05, 4.69) is 10.3 Å². The zero-order valence-corrected chi connectivity index (χ0v) is 16.4. The van der Waals surface area contributed by atoms with E-state index in [1.165, 1.54) is 0 Å². The number of carbonyl (C=O) groups is 2. The number of piperidine rings is 1. The lowest BCUT2D eigenvalue weighted by atomic mass is 9.78. The van der Waals surface area contributed by atoms with E-state index in [0.29, 0.717) is 36.8 Å². The molecular weight excluding hydrogens is 376 g/mol. The highest BCUT2D eigenvalue weighted by Gasteiger charge is 2.49. The highest BCUT2D eigenvalue weighted by atomic mass is 35.5. The molecule has 0 aliphatic carbocycles. The number of urea groups is 1. The molecule has 1 aromatic heterocycles. The maximum absolute atomic E-state index is 13.3. The fourth-order valence-electron chi connectivity index (χ4n) is 4.20. The normalized spacial score (nSPS) is 22.0. The Morgan fingerprint density at radius 3 is 2.82 bits per heavy atom. The average Bonchev–Trinajstić information content (AvgIpc) is 3.13. The molecule has 0 radical (unpaired) electrons. The van der Waals surface area contributed by atoms with Crippen molar-refractivity contribution >= 4 is 29.2 Å². The molecule has 4 rings (SSSR count). The molecule has 146 valence electrons. The lowest BCUT2D eigenvalue weighted by molar-refractivity contribution is -0.146. The molecule has 1 aromatic carbocycles. The fraction of sp³-hybridized carbons (Fsp3) is 0.381. The molecule has 6 nitrogen and oxygen atoms in total. The van der Waals surface area contributed by atoms with Crippen LogP contribution >= 0.6 is 11.6 Å². The molecule has 0 saturated carbocycles. The maximum Gasteiger partial charge on any atom is 0.321 e. The quantitative estimate of drug-likeness (QED) is 0.855. The van der Waals surface area contributed by atoms with Crippen molar-refractivity contribution < 1.29 is 9.59 Å². The first-order valence-corrected chi connectivity index (χ1v) is 9.94. The molecule has 7 heteroatoms. The molecule has 2 aliphatic rings. The van der Waals surface area contributed by atoms with Crippen molar-refractivity contribution in [1.82, 2.24) is 14.8 Å². The average molecular weight is 399 g/mol. The van der Waals surface area contributed by atoms with Gasteiger partial charge in [0.05, 0.1) is 16.1 Å². The Morgan fingerprint density at radius 2 is 2.04 bits per heavy atom. The van der Waals surface area contributed by atoms with Crippen molar-refractivity contribution in [3.05, 3.63) is 59.4 Å². The SMILES string of the molecule is O=C(Nc1ccccc1Cl)N1CC[C@@]2(CCCN(Cc3cccnc3)C2=O)C1. The van der Waals surface area contributed by atoms with Gasteiger partial charge >= 0.3 is 6.03 Å². The van der Waals surface area contributed by atoms with E-state index >= 15 is 0 Å². The van der Waals surface area contributed by atoms with Crippen LogP contribution in [0.3, 0.4) is 0 Å². The molecule has 0 bridgehead atoms. The summed E-state index contributed by atoms with van der Waals surface area (Å²) in [5.74, 6) is 0.149. The second-order valence-corrected chi connectivity index (χ2v) is 7.96. The van der Waals surface area contributed by atoms with Crippen LogP contribution in [0.4, 0.5) is 10.5 Å². The molecule has 1 spiro atoms. The number of nitrogens with one attached hydrogen (secondary N) is 1. The Bertz CT molecular complexity index is 876. The smallest absolute Gasteiger partial charge is 0.321 e. The first kappa shape index (κ1) is 18.7. The number of amides is 3. The van der Waals surface area contributed by atoms with Gasteiger partial charge in [-0.15, -0.1) is 0 Å². The topological polar surface area (TPSA) is 65.5 Å². The fourth-order valence-corrected chi connectivity index (χ4v) is 4.38. The van der Waals surface area contributed by atoms with Crippen LogP contribution < -0.4 is 5.32 Å². The second kappa shape index (κ2) is 7.80. The van der Waals surface area contributed by atoms with Crippen molar-refractivity contribution in [3.8, 4) is 0 Å². The highest BCUT2D eigenvalue weighted by molar-refractivity contribution is 6.33. The van der Waals surface area contributed by atoms with Crippen LogP contribution in [0.1, 0.15) is 24.8 Å². The summed E-state index contributed by atoms with van der Waals surface area (Å²) in [6.45, 7) is 2.34. The van der Waals surface area contributed by atoms with Crippen molar-refractivity contribution in [1.29, 1.82) is 0 Å². The number of pyridine rings is 1. The number of likely N-dealkylation sites (tertiary alicyclic amines) is 2. The van der Waals surface area contributed by atoms with E-state index in [4.69, 9.17) is 11.6 Å². The van der Waals surface area contributed by atoms with Gasteiger partial charge in [0.1, 0.15) is 0 Å². The third-order valence-corrected chi connectivity index (χ3v) is 6.01. The van der Waals surface area contributed by atoms with Gasteiger partial charge in [-0.05, 0) is 43.0 Å². The lowest BCUT2D eigenvalue weighted by Gasteiger charge is -2.39. The third-order valence-electron chi connectivity index (χ3n) is 5.68. The number of benzene rings is 1. The van der Waals surface area contributed by atoms with Gasteiger partial charge in [0.15, 0.2) is 0 Å². The Hall–Kier alpha value is -2.60. The molecular formula is C21H23ClN4O2. The second-order valence-electron chi connectivity index (χ2n) is 7.55. The van der Waals surface area contributed by atoms with Crippen molar-refractivity contribution in [3.63, 3.8) is 0 Å². The largest absolute Gasteiger partial charge is 0.338 e. The van der Waals surface area contributed by atoms with E-state index in [9.17, 15) is 9.59 Å². The summed E-state index contributed by atoms with van der Waals surface area (Å²) in [5.41, 5.74) is 1.14. The molecule has 2 saturated heterocycles. The number of hydrogen-bond acceptors (Lipinski definition) is 3. The van der Waals surface area contributed by atoms with Gasteiger partial charge in [0.2, 0.25) is 5.91 Å². The standard InChI is InChI=1S/C21H23ClN4O2/c22-17-6-1-2-7-18(17)24-20(28)26-12-9-21(15-26)8-4-11-25(19(21)27)14-16-5-3-10-23-13-16/h1-3,5-7,10,13H,4,8-9,11-12,14-15H2,(H,24,28)/t21-/m0/s1.